The smallest absolute Gasteiger partial charge is 0.0494 e. The Labute approximate surface area is 205 Å². The molecule has 2 atom stereocenters. The van der Waals surface area contributed by atoms with Gasteiger partial charge in [-0.3, -0.25) is 0 Å². The summed E-state index contributed by atoms with van der Waals surface area (Å²) in [5.41, 5.74) is 7.20. The first-order valence-electron chi connectivity index (χ1n) is 13.8. The lowest BCUT2D eigenvalue weighted by atomic mass is 9.85. The summed E-state index contributed by atoms with van der Waals surface area (Å²) in [5, 5.41) is 2.91. The fraction of sp³-hybridized carbons (Fsp3) is 0.455. The van der Waals surface area contributed by atoms with Gasteiger partial charge in [0.2, 0.25) is 0 Å². The van der Waals surface area contributed by atoms with Gasteiger partial charge in [0.05, 0.1) is 0 Å². The maximum atomic E-state index is 2.55. The number of fused-ring (bicyclic) bond motifs is 3. The van der Waals surface area contributed by atoms with Crippen molar-refractivity contribution >= 4 is 21.8 Å². The number of nitrogens with zero attached hydrogens (tertiary/aromatic N) is 1. The summed E-state index contributed by atoms with van der Waals surface area (Å²) in [6.45, 7) is 5.86. The van der Waals surface area contributed by atoms with E-state index in [1.54, 1.807) is 0 Å². The van der Waals surface area contributed by atoms with Crippen molar-refractivity contribution in [1.82, 2.24) is 4.57 Å². The van der Waals surface area contributed by atoms with E-state index in [4.69, 9.17) is 0 Å². The van der Waals surface area contributed by atoms with E-state index in [1.807, 2.05) is 0 Å². The van der Waals surface area contributed by atoms with Crippen LogP contribution in [-0.4, -0.2) is 4.57 Å². The van der Waals surface area contributed by atoms with Gasteiger partial charge in [0, 0.05) is 28.4 Å². The number of aromatic nitrogens is 1. The second kappa shape index (κ2) is 9.25. The number of benzene rings is 3. The van der Waals surface area contributed by atoms with Gasteiger partial charge in [-0.2, -0.15) is 0 Å². The SMILES string of the molecule is CC(c1ccc2c(c1)c1cc(C(C)C3CCCC3)ccc1n2Cc1ccccc1)C1CCCC1. The first-order valence-corrected chi connectivity index (χ1v) is 13.8. The van der Waals surface area contributed by atoms with Crippen molar-refractivity contribution in [1.29, 1.82) is 0 Å². The summed E-state index contributed by atoms with van der Waals surface area (Å²) in [5.74, 6) is 3.01. The molecule has 3 aromatic carbocycles. The van der Waals surface area contributed by atoms with E-state index < -0.39 is 0 Å². The molecule has 0 N–H and O–H groups in total. The predicted octanol–water partition coefficient (Wildman–Crippen LogP) is 9.43. The van der Waals surface area contributed by atoms with Gasteiger partial charge < -0.3 is 4.57 Å². The molecule has 0 bridgehead atoms. The van der Waals surface area contributed by atoms with Crippen LogP contribution in [0, 0.1) is 11.8 Å². The Morgan fingerprint density at radius 1 is 0.647 bits per heavy atom. The highest BCUT2D eigenvalue weighted by molar-refractivity contribution is 6.08. The predicted molar refractivity (Wildman–Crippen MR) is 146 cm³/mol. The fourth-order valence-electron chi connectivity index (χ4n) is 7.10. The van der Waals surface area contributed by atoms with E-state index >= 15 is 0 Å². The van der Waals surface area contributed by atoms with Crippen molar-refractivity contribution in [2.24, 2.45) is 11.8 Å². The second-order valence-electron chi connectivity index (χ2n) is 11.3. The molecular formula is C33H39N. The molecule has 1 aromatic heterocycles. The van der Waals surface area contributed by atoms with Crippen LogP contribution in [0.3, 0.4) is 0 Å². The minimum absolute atomic E-state index is 0.653. The quantitative estimate of drug-likeness (QED) is 0.276. The van der Waals surface area contributed by atoms with Crippen LogP contribution in [-0.2, 0) is 6.54 Å². The molecule has 2 fully saturated rings. The van der Waals surface area contributed by atoms with Crippen molar-refractivity contribution in [3.8, 4) is 0 Å². The van der Waals surface area contributed by atoms with Crippen molar-refractivity contribution in [2.75, 3.05) is 0 Å². The third-order valence-corrected chi connectivity index (χ3v) is 9.36. The average molecular weight is 450 g/mol. The van der Waals surface area contributed by atoms with Crippen LogP contribution in [0.25, 0.3) is 21.8 Å². The van der Waals surface area contributed by atoms with Crippen LogP contribution in [0.1, 0.15) is 93.7 Å². The standard InChI is InChI=1S/C33H39N/c1-23(26-12-6-7-13-26)28-16-18-32-30(20-28)31-21-29(24(2)27-14-8-9-15-27)17-19-33(31)34(32)22-25-10-4-3-5-11-25/h3-5,10-11,16-21,23-24,26-27H,6-9,12-15,22H2,1-2H3. The van der Waals surface area contributed by atoms with Crippen molar-refractivity contribution in [3.63, 3.8) is 0 Å². The lowest BCUT2D eigenvalue weighted by molar-refractivity contribution is 0.461. The molecule has 0 spiro atoms. The molecule has 1 nitrogen and oxygen atoms in total. The molecule has 0 saturated heterocycles. The fourth-order valence-corrected chi connectivity index (χ4v) is 7.10. The highest BCUT2D eigenvalue weighted by Crippen LogP contribution is 2.41. The summed E-state index contributed by atoms with van der Waals surface area (Å²) in [7, 11) is 0. The summed E-state index contributed by atoms with van der Waals surface area (Å²) in [4.78, 5) is 0. The second-order valence-corrected chi connectivity index (χ2v) is 11.3. The van der Waals surface area contributed by atoms with E-state index in [0.29, 0.717) is 11.8 Å². The maximum Gasteiger partial charge on any atom is 0.0494 e. The van der Waals surface area contributed by atoms with Gasteiger partial charge in [-0.15, -0.1) is 0 Å². The zero-order chi connectivity index (χ0) is 23.1. The molecule has 2 aliphatic rings. The van der Waals surface area contributed by atoms with Crippen LogP contribution in [0.15, 0.2) is 66.7 Å². The monoisotopic (exact) mass is 449 g/mol. The van der Waals surface area contributed by atoms with Crippen molar-refractivity contribution in [3.05, 3.63) is 83.4 Å². The topological polar surface area (TPSA) is 4.93 Å². The van der Waals surface area contributed by atoms with Gasteiger partial charge in [-0.1, -0.05) is 82.0 Å². The molecular weight excluding hydrogens is 410 g/mol. The van der Waals surface area contributed by atoms with Gasteiger partial charge in [0.25, 0.3) is 0 Å². The van der Waals surface area contributed by atoms with E-state index in [0.717, 1.165) is 18.4 Å². The third kappa shape index (κ3) is 3.98. The van der Waals surface area contributed by atoms with Crippen LogP contribution in [0.5, 0.6) is 0 Å². The van der Waals surface area contributed by atoms with Crippen LogP contribution >= 0.6 is 0 Å². The Bertz CT molecular complexity index is 1190. The van der Waals surface area contributed by atoms with Gasteiger partial charge >= 0.3 is 0 Å². The largest absolute Gasteiger partial charge is 0.336 e. The van der Waals surface area contributed by atoms with Crippen molar-refractivity contribution in [2.45, 2.75) is 83.6 Å². The minimum Gasteiger partial charge on any atom is -0.336 e. The lowest BCUT2D eigenvalue weighted by Gasteiger charge is -2.20. The van der Waals surface area contributed by atoms with Crippen LogP contribution < -0.4 is 0 Å². The van der Waals surface area contributed by atoms with Gasteiger partial charge in [0.15, 0.2) is 0 Å². The molecule has 6 rings (SSSR count). The molecule has 2 saturated carbocycles. The normalized spacial score (nSPS) is 19.4. The lowest BCUT2D eigenvalue weighted by Crippen LogP contribution is -2.05. The molecule has 176 valence electrons. The first-order chi connectivity index (χ1) is 16.7. The Hall–Kier alpha value is -2.54. The Kier molecular flexibility index (Phi) is 5.97. The Morgan fingerprint density at radius 2 is 1.12 bits per heavy atom. The van der Waals surface area contributed by atoms with Gasteiger partial charge in [-0.05, 0) is 90.3 Å². The molecule has 1 heteroatoms. The minimum atomic E-state index is 0.653. The average Bonchev–Trinajstić information content (AvgIpc) is 3.65. The molecule has 1 heterocycles. The zero-order valence-corrected chi connectivity index (χ0v) is 21.0. The van der Waals surface area contributed by atoms with Gasteiger partial charge in [0.1, 0.15) is 0 Å². The molecule has 4 aromatic rings. The maximum absolute atomic E-state index is 2.55. The highest BCUT2D eigenvalue weighted by Gasteiger charge is 2.25. The summed E-state index contributed by atoms with van der Waals surface area (Å²) < 4.78 is 2.55. The third-order valence-electron chi connectivity index (χ3n) is 9.36. The number of hydrogen-bond donors (Lipinski definition) is 0. The molecule has 2 unspecified atom stereocenters. The summed E-state index contributed by atoms with van der Waals surface area (Å²) in [6, 6.07) is 25.7. The van der Waals surface area contributed by atoms with Crippen LogP contribution in [0.4, 0.5) is 0 Å². The zero-order valence-electron chi connectivity index (χ0n) is 21.0. The van der Waals surface area contributed by atoms with E-state index in [2.05, 4.69) is 85.1 Å². The van der Waals surface area contributed by atoms with E-state index in [9.17, 15) is 0 Å². The molecule has 2 aliphatic carbocycles. The number of rotatable bonds is 6. The number of hydrogen-bond acceptors (Lipinski definition) is 0. The van der Waals surface area contributed by atoms with Gasteiger partial charge in [-0.25, -0.2) is 0 Å². The molecule has 0 radical (unpaired) electrons. The van der Waals surface area contributed by atoms with Crippen LogP contribution in [0.2, 0.25) is 0 Å². The first kappa shape index (κ1) is 22.0. The summed E-state index contributed by atoms with van der Waals surface area (Å²) >= 11 is 0. The van der Waals surface area contributed by atoms with E-state index in [1.165, 1.54) is 89.9 Å². The highest BCUT2D eigenvalue weighted by atomic mass is 15.0. The molecule has 0 amide bonds. The Morgan fingerprint density at radius 3 is 1.59 bits per heavy atom. The van der Waals surface area contributed by atoms with Crippen molar-refractivity contribution < 1.29 is 0 Å². The Balaban J connectivity index is 1.48. The molecule has 34 heavy (non-hydrogen) atoms. The summed E-state index contributed by atoms with van der Waals surface area (Å²) in [6.07, 6.45) is 11.3. The van der Waals surface area contributed by atoms with E-state index in [-0.39, 0.29) is 0 Å². The molecule has 0 aliphatic heterocycles.